The largest absolute Gasteiger partial charge is 0.573 e. The molecule has 1 amide bonds. The normalized spacial score (nSPS) is 11.2. The summed E-state index contributed by atoms with van der Waals surface area (Å²) in [5.41, 5.74) is -0.532. The van der Waals surface area contributed by atoms with Crippen molar-refractivity contribution < 1.29 is 22.7 Å². The molecule has 0 radical (unpaired) electrons. The van der Waals surface area contributed by atoms with Crippen LogP contribution in [0.1, 0.15) is 0 Å². The number of carbonyl (C=O) groups excluding carboxylic acids is 1. The van der Waals surface area contributed by atoms with Crippen molar-refractivity contribution >= 4 is 34.8 Å². The maximum absolute atomic E-state index is 12.0. The highest BCUT2D eigenvalue weighted by Gasteiger charge is 2.30. The minimum Gasteiger partial charge on any atom is -0.406 e. The van der Waals surface area contributed by atoms with Gasteiger partial charge in [-0.15, -0.1) is 13.2 Å². The summed E-state index contributed by atoms with van der Waals surface area (Å²) in [6.45, 7) is -0.448. The zero-order valence-electron chi connectivity index (χ0n) is 11.6. The average molecular weight is 382 g/mol. The smallest absolute Gasteiger partial charge is 0.406 e. The monoisotopic (exact) mass is 381 g/mol. The van der Waals surface area contributed by atoms with Gasteiger partial charge in [0, 0.05) is 5.69 Å². The molecule has 0 fully saturated rings. The lowest BCUT2D eigenvalue weighted by molar-refractivity contribution is -0.274. The fourth-order valence-corrected chi connectivity index (χ4v) is 1.90. The number of rotatable bonds is 4. The summed E-state index contributed by atoms with van der Waals surface area (Å²) < 4.78 is 40.6. The predicted octanol–water partition coefficient (Wildman–Crippen LogP) is 3.09. The quantitative estimate of drug-likeness (QED) is 0.882. The summed E-state index contributed by atoms with van der Waals surface area (Å²) in [7, 11) is 0. The molecule has 0 unspecified atom stereocenters. The minimum absolute atomic E-state index is 0.0430. The van der Waals surface area contributed by atoms with Gasteiger partial charge in [-0.25, -0.2) is 4.68 Å². The van der Waals surface area contributed by atoms with Crippen molar-refractivity contribution in [1.82, 2.24) is 9.78 Å². The van der Waals surface area contributed by atoms with Crippen LogP contribution in [0.5, 0.6) is 5.75 Å². The summed E-state index contributed by atoms with van der Waals surface area (Å²) in [4.78, 5) is 23.6. The number of aromatic nitrogens is 2. The Labute approximate surface area is 142 Å². The average Bonchev–Trinajstić information content (AvgIpc) is 2.48. The number of alkyl halides is 3. The molecule has 1 aromatic heterocycles. The molecule has 0 aliphatic rings. The van der Waals surface area contributed by atoms with E-state index in [9.17, 15) is 22.8 Å². The number of halogens is 5. The molecule has 0 saturated carbocycles. The van der Waals surface area contributed by atoms with Crippen molar-refractivity contribution in [2.75, 3.05) is 5.32 Å². The second-order valence-electron chi connectivity index (χ2n) is 4.39. The van der Waals surface area contributed by atoms with Crippen molar-refractivity contribution in [1.29, 1.82) is 0 Å². The van der Waals surface area contributed by atoms with Crippen molar-refractivity contribution in [3.05, 3.63) is 50.9 Å². The Kier molecular flexibility index (Phi) is 5.35. The lowest BCUT2D eigenvalue weighted by Crippen LogP contribution is -2.29. The van der Waals surface area contributed by atoms with Gasteiger partial charge in [-0.1, -0.05) is 23.2 Å². The second-order valence-corrected chi connectivity index (χ2v) is 5.17. The lowest BCUT2D eigenvalue weighted by atomic mass is 10.3. The highest BCUT2D eigenvalue weighted by molar-refractivity contribution is 6.41. The molecule has 24 heavy (non-hydrogen) atoms. The summed E-state index contributed by atoms with van der Waals surface area (Å²) in [6, 6.07) is 4.49. The maximum atomic E-state index is 12.0. The van der Waals surface area contributed by atoms with E-state index in [1.54, 1.807) is 0 Å². The molecule has 1 heterocycles. The van der Waals surface area contributed by atoms with Crippen molar-refractivity contribution in [2.24, 2.45) is 0 Å². The Morgan fingerprint density at radius 2 is 1.88 bits per heavy atom. The zero-order valence-corrected chi connectivity index (χ0v) is 13.1. The Bertz CT molecular complexity index is 807. The van der Waals surface area contributed by atoms with Crippen molar-refractivity contribution in [3.63, 3.8) is 0 Å². The summed E-state index contributed by atoms with van der Waals surface area (Å²) >= 11 is 11.3. The van der Waals surface area contributed by atoms with Gasteiger partial charge < -0.3 is 10.1 Å². The molecule has 0 aliphatic heterocycles. The van der Waals surface area contributed by atoms with Gasteiger partial charge in [0.05, 0.1) is 11.2 Å². The first-order valence-electron chi connectivity index (χ1n) is 6.22. The number of anilines is 1. The van der Waals surface area contributed by atoms with E-state index >= 15 is 0 Å². The van der Waals surface area contributed by atoms with Gasteiger partial charge in [-0.3, -0.25) is 9.59 Å². The molecule has 11 heteroatoms. The third kappa shape index (κ3) is 4.87. The number of ether oxygens (including phenoxy) is 1. The Balaban J connectivity index is 2.03. The summed E-state index contributed by atoms with van der Waals surface area (Å²) in [5.74, 6) is -1.06. The third-order valence-corrected chi connectivity index (χ3v) is 3.36. The maximum Gasteiger partial charge on any atom is 0.573 e. The number of carbonyl (C=O) groups is 1. The van der Waals surface area contributed by atoms with E-state index in [1.807, 2.05) is 0 Å². The molecule has 2 aromatic rings. The van der Waals surface area contributed by atoms with Crippen LogP contribution < -0.4 is 15.6 Å². The van der Waals surface area contributed by atoms with Gasteiger partial charge in [-0.2, -0.15) is 5.10 Å². The van der Waals surface area contributed by atoms with Crippen LogP contribution >= 0.6 is 23.2 Å². The van der Waals surface area contributed by atoms with E-state index in [-0.39, 0.29) is 15.7 Å². The predicted molar refractivity (Wildman–Crippen MR) is 80.3 cm³/mol. The van der Waals surface area contributed by atoms with E-state index in [1.165, 1.54) is 12.1 Å². The lowest BCUT2D eigenvalue weighted by Gasteiger charge is -2.10. The van der Waals surface area contributed by atoms with E-state index in [0.29, 0.717) is 0 Å². The SMILES string of the molecule is O=C(Cn1ncc(Cl)c(Cl)c1=O)Nc1ccc(OC(F)(F)F)cc1. The number of hydrogen-bond donors (Lipinski definition) is 1. The van der Waals surface area contributed by atoms with Crippen LogP contribution in [0.3, 0.4) is 0 Å². The van der Waals surface area contributed by atoms with Crippen LogP contribution in [-0.4, -0.2) is 22.1 Å². The molecular weight excluding hydrogens is 374 g/mol. The summed E-state index contributed by atoms with van der Waals surface area (Å²) in [6.07, 6.45) is -3.69. The van der Waals surface area contributed by atoms with Gasteiger partial charge in [-0.05, 0) is 24.3 Å². The molecule has 0 spiro atoms. The van der Waals surface area contributed by atoms with Crippen LogP contribution in [0.15, 0.2) is 35.3 Å². The van der Waals surface area contributed by atoms with E-state index < -0.39 is 30.1 Å². The highest BCUT2D eigenvalue weighted by atomic mass is 35.5. The Morgan fingerprint density at radius 3 is 2.46 bits per heavy atom. The number of nitrogens with one attached hydrogen (secondary N) is 1. The number of hydrogen-bond acceptors (Lipinski definition) is 4. The van der Waals surface area contributed by atoms with Crippen LogP contribution in [0, 0.1) is 0 Å². The molecule has 0 bridgehead atoms. The molecule has 1 aromatic carbocycles. The van der Waals surface area contributed by atoms with Gasteiger partial charge in [0.2, 0.25) is 5.91 Å². The Morgan fingerprint density at radius 1 is 1.25 bits per heavy atom. The van der Waals surface area contributed by atoms with Gasteiger partial charge in [0.25, 0.3) is 5.56 Å². The molecule has 1 N–H and O–H groups in total. The molecule has 6 nitrogen and oxygen atoms in total. The molecule has 2 rings (SSSR count). The van der Waals surface area contributed by atoms with Crippen molar-refractivity contribution in [3.8, 4) is 5.75 Å². The molecule has 128 valence electrons. The molecule has 0 saturated heterocycles. The summed E-state index contributed by atoms with van der Waals surface area (Å²) in [5, 5.41) is 5.73. The minimum atomic E-state index is -4.80. The first kappa shape index (κ1) is 18.1. The topological polar surface area (TPSA) is 73.2 Å². The fourth-order valence-electron chi connectivity index (χ4n) is 1.63. The van der Waals surface area contributed by atoms with E-state index in [2.05, 4.69) is 15.2 Å². The first-order valence-corrected chi connectivity index (χ1v) is 6.98. The first-order chi connectivity index (χ1) is 11.2. The third-order valence-electron chi connectivity index (χ3n) is 2.61. The highest BCUT2D eigenvalue weighted by Crippen LogP contribution is 2.23. The van der Waals surface area contributed by atoms with Crippen molar-refractivity contribution in [2.45, 2.75) is 12.9 Å². The van der Waals surface area contributed by atoms with Crippen LogP contribution in [0.2, 0.25) is 10.0 Å². The van der Waals surface area contributed by atoms with E-state index in [0.717, 1.165) is 23.0 Å². The number of benzene rings is 1. The van der Waals surface area contributed by atoms with E-state index in [4.69, 9.17) is 23.2 Å². The zero-order chi connectivity index (χ0) is 17.9. The standard InChI is InChI=1S/C13H8Cl2F3N3O3/c14-9-5-19-21(12(23)11(9)15)6-10(22)20-7-1-3-8(4-2-7)24-13(16,17)18/h1-5H,6H2,(H,20,22). The molecule has 0 aliphatic carbocycles. The Hall–Kier alpha value is -2.26. The van der Waals surface area contributed by atoms with Gasteiger partial charge >= 0.3 is 6.36 Å². The molecule has 0 atom stereocenters. The second kappa shape index (κ2) is 7.10. The van der Waals surface area contributed by atoms with Crippen LogP contribution in [0.4, 0.5) is 18.9 Å². The van der Waals surface area contributed by atoms with Crippen LogP contribution in [0.25, 0.3) is 0 Å². The number of amides is 1. The molecular formula is C13H8Cl2F3N3O3. The van der Waals surface area contributed by atoms with Gasteiger partial charge in [0.15, 0.2) is 0 Å². The van der Waals surface area contributed by atoms with Gasteiger partial charge in [0.1, 0.15) is 17.3 Å². The number of nitrogens with zero attached hydrogens (tertiary/aromatic N) is 2. The fraction of sp³-hybridized carbons (Fsp3) is 0.154. The van der Waals surface area contributed by atoms with Crippen LogP contribution in [-0.2, 0) is 11.3 Å².